The average Bonchev–Trinajstić information content (AvgIpc) is 2.46. The Hall–Kier alpha value is -1.89. The number of alkyl halides is 6. The molecule has 0 saturated carbocycles. The van der Waals surface area contributed by atoms with Gasteiger partial charge in [-0.15, -0.1) is 0 Å². The second-order valence-electron chi connectivity index (χ2n) is 5.29. The predicted octanol–water partition coefficient (Wildman–Crippen LogP) is 5.88. The second kappa shape index (κ2) is 6.93. The minimum Gasteiger partial charge on any atom is -0.166 e. The summed E-state index contributed by atoms with van der Waals surface area (Å²) in [4.78, 5) is 0.369. The van der Waals surface area contributed by atoms with Crippen molar-refractivity contribution in [2.45, 2.75) is 25.2 Å². The van der Waals surface area contributed by atoms with Gasteiger partial charge in [0.05, 0.1) is 11.1 Å². The highest BCUT2D eigenvalue weighted by Gasteiger charge is 2.36. The maximum Gasteiger partial charge on any atom is 0.416 e. The van der Waals surface area contributed by atoms with Crippen LogP contribution < -0.4 is 0 Å². The van der Waals surface area contributed by atoms with Gasteiger partial charge in [0, 0.05) is 17.7 Å². The molecular weight excluding hydrogens is 350 g/mol. The smallest absolute Gasteiger partial charge is 0.166 e. The van der Waals surface area contributed by atoms with Crippen LogP contribution in [0.5, 0.6) is 0 Å². The van der Waals surface area contributed by atoms with E-state index < -0.39 is 23.5 Å². The minimum atomic E-state index is -4.85. The molecule has 0 heterocycles. The van der Waals surface area contributed by atoms with Crippen molar-refractivity contribution in [3.05, 3.63) is 70.8 Å². The fourth-order valence-corrected chi connectivity index (χ4v) is 2.57. The van der Waals surface area contributed by atoms with Crippen LogP contribution in [0, 0.1) is 0 Å². The van der Waals surface area contributed by atoms with Crippen molar-refractivity contribution in [1.29, 1.82) is 0 Å². The van der Waals surface area contributed by atoms with Gasteiger partial charge < -0.3 is 0 Å². The van der Waals surface area contributed by atoms with Gasteiger partial charge in [0.15, 0.2) is 0 Å². The van der Waals surface area contributed by atoms with Gasteiger partial charge in [-0.05, 0) is 29.3 Å². The SMILES string of the molecule is FC(F)(F)c1cc(CC(=S)Cc2ccccc2)cc(C(F)(F)F)c1. The Morgan fingerprint density at radius 2 is 1.17 bits per heavy atom. The van der Waals surface area contributed by atoms with Crippen molar-refractivity contribution in [2.24, 2.45) is 0 Å². The van der Waals surface area contributed by atoms with Gasteiger partial charge in [0.2, 0.25) is 0 Å². The normalized spacial score (nSPS) is 12.2. The summed E-state index contributed by atoms with van der Waals surface area (Å²) in [5, 5.41) is 0. The average molecular weight is 362 g/mol. The van der Waals surface area contributed by atoms with Crippen molar-refractivity contribution in [1.82, 2.24) is 0 Å². The van der Waals surface area contributed by atoms with Crippen LogP contribution in [0.3, 0.4) is 0 Å². The third-order valence-electron chi connectivity index (χ3n) is 3.29. The first-order valence-corrected chi connectivity index (χ1v) is 7.30. The highest BCUT2D eigenvalue weighted by molar-refractivity contribution is 7.80. The standard InChI is InChI=1S/C17H12F6S/c18-16(19,20)13-6-12(7-14(10-13)17(21,22)23)9-15(24)8-11-4-2-1-3-5-11/h1-7,10H,8-9H2. The molecule has 2 aromatic rings. The maximum absolute atomic E-state index is 12.8. The van der Waals surface area contributed by atoms with Crippen LogP contribution in [0.2, 0.25) is 0 Å². The van der Waals surface area contributed by atoms with Crippen molar-refractivity contribution in [3.63, 3.8) is 0 Å². The first kappa shape index (κ1) is 18.4. The third kappa shape index (κ3) is 5.06. The summed E-state index contributed by atoms with van der Waals surface area (Å²) in [6, 6.07) is 10.5. The molecule has 0 aliphatic heterocycles. The zero-order valence-corrected chi connectivity index (χ0v) is 13.0. The van der Waals surface area contributed by atoms with Crippen molar-refractivity contribution in [3.8, 4) is 0 Å². The molecule has 0 aliphatic rings. The molecule has 0 aliphatic carbocycles. The number of halogens is 6. The number of hydrogen-bond donors (Lipinski definition) is 0. The molecule has 0 amide bonds. The fraction of sp³-hybridized carbons (Fsp3) is 0.235. The summed E-state index contributed by atoms with van der Waals surface area (Å²) in [6.07, 6.45) is -9.51. The Labute approximate surface area is 140 Å². The molecule has 0 radical (unpaired) electrons. The summed E-state index contributed by atoms with van der Waals surface area (Å²) in [7, 11) is 0. The lowest BCUT2D eigenvalue weighted by Gasteiger charge is -2.14. The summed E-state index contributed by atoms with van der Waals surface area (Å²) in [5.74, 6) is 0. The highest BCUT2D eigenvalue weighted by atomic mass is 32.1. The van der Waals surface area contributed by atoms with Gasteiger partial charge in [-0.1, -0.05) is 42.5 Å². The van der Waals surface area contributed by atoms with E-state index in [1.807, 2.05) is 0 Å². The lowest BCUT2D eigenvalue weighted by Crippen LogP contribution is -2.13. The molecule has 0 spiro atoms. The van der Waals surface area contributed by atoms with E-state index in [9.17, 15) is 26.3 Å². The Kier molecular flexibility index (Phi) is 5.32. The molecule has 2 aromatic carbocycles. The van der Waals surface area contributed by atoms with E-state index in [4.69, 9.17) is 12.2 Å². The molecule has 0 nitrogen and oxygen atoms in total. The van der Waals surface area contributed by atoms with Crippen molar-refractivity contribution in [2.75, 3.05) is 0 Å². The first-order chi connectivity index (χ1) is 11.1. The second-order valence-corrected chi connectivity index (χ2v) is 5.87. The minimum absolute atomic E-state index is 0.0990. The summed E-state index contributed by atoms with van der Waals surface area (Å²) in [6.45, 7) is 0. The molecular formula is C17H12F6S. The van der Waals surface area contributed by atoms with Crippen LogP contribution in [-0.4, -0.2) is 4.86 Å². The highest BCUT2D eigenvalue weighted by Crippen LogP contribution is 2.36. The lowest BCUT2D eigenvalue weighted by molar-refractivity contribution is -0.143. The molecule has 2 rings (SSSR count). The number of benzene rings is 2. The van der Waals surface area contributed by atoms with Gasteiger partial charge >= 0.3 is 12.4 Å². The summed E-state index contributed by atoms with van der Waals surface area (Å²) < 4.78 is 76.9. The van der Waals surface area contributed by atoms with Gasteiger partial charge in [-0.25, -0.2) is 0 Å². The molecule has 0 aromatic heterocycles. The predicted molar refractivity (Wildman–Crippen MR) is 82.9 cm³/mol. The number of hydrogen-bond acceptors (Lipinski definition) is 1. The van der Waals surface area contributed by atoms with E-state index in [0.717, 1.165) is 5.56 Å². The molecule has 128 valence electrons. The van der Waals surface area contributed by atoms with Gasteiger partial charge in [-0.2, -0.15) is 26.3 Å². The van der Waals surface area contributed by atoms with Gasteiger partial charge in [0.1, 0.15) is 0 Å². The maximum atomic E-state index is 12.8. The monoisotopic (exact) mass is 362 g/mol. The van der Waals surface area contributed by atoms with E-state index in [1.54, 1.807) is 30.3 Å². The largest absolute Gasteiger partial charge is 0.416 e. The zero-order valence-electron chi connectivity index (χ0n) is 12.2. The van der Waals surface area contributed by atoms with Crippen LogP contribution in [0.4, 0.5) is 26.3 Å². The molecule has 0 fully saturated rings. The van der Waals surface area contributed by atoms with E-state index >= 15 is 0 Å². The molecule has 7 heteroatoms. The zero-order chi connectivity index (χ0) is 18.0. The first-order valence-electron chi connectivity index (χ1n) is 6.89. The van der Waals surface area contributed by atoms with Crippen molar-refractivity contribution >= 4 is 17.1 Å². The molecule has 0 unspecified atom stereocenters. The van der Waals surface area contributed by atoms with Crippen LogP contribution in [-0.2, 0) is 25.2 Å². The van der Waals surface area contributed by atoms with Crippen LogP contribution >= 0.6 is 12.2 Å². The van der Waals surface area contributed by atoms with Crippen LogP contribution in [0.1, 0.15) is 22.3 Å². The van der Waals surface area contributed by atoms with Crippen LogP contribution in [0.15, 0.2) is 48.5 Å². The van der Waals surface area contributed by atoms with Crippen LogP contribution in [0.25, 0.3) is 0 Å². The molecule has 0 saturated heterocycles. The van der Waals surface area contributed by atoms with E-state index in [1.165, 1.54) is 0 Å². The lowest BCUT2D eigenvalue weighted by atomic mass is 9.99. The van der Waals surface area contributed by atoms with E-state index in [-0.39, 0.29) is 18.1 Å². The van der Waals surface area contributed by atoms with Gasteiger partial charge in [-0.3, -0.25) is 0 Å². The van der Waals surface area contributed by atoms with Crippen molar-refractivity contribution < 1.29 is 26.3 Å². The third-order valence-corrected chi connectivity index (χ3v) is 3.58. The Morgan fingerprint density at radius 3 is 1.62 bits per heavy atom. The Morgan fingerprint density at radius 1 is 0.708 bits per heavy atom. The molecule has 0 bridgehead atoms. The Bertz CT molecular complexity index is 684. The fourth-order valence-electron chi connectivity index (χ4n) is 2.24. The Balaban J connectivity index is 2.27. The summed E-state index contributed by atoms with van der Waals surface area (Å²) >= 11 is 5.13. The molecule has 0 N–H and O–H groups in total. The van der Waals surface area contributed by atoms with E-state index in [2.05, 4.69) is 0 Å². The number of thiocarbonyl (C=S) groups is 1. The quantitative estimate of drug-likeness (QED) is 0.483. The number of rotatable bonds is 4. The topological polar surface area (TPSA) is 0 Å². The summed E-state index contributed by atoms with van der Waals surface area (Å²) in [5.41, 5.74) is -1.90. The molecule has 0 atom stereocenters. The van der Waals surface area contributed by atoms with E-state index in [0.29, 0.717) is 23.4 Å². The molecule has 24 heavy (non-hydrogen) atoms. The van der Waals surface area contributed by atoms with Gasteiger partial charge in [0.25, 0.3) is 0 Å².